The van der Waals surface area contributed by atoms with Crippen molar-refractivity contribution in [2.24, 2.45) is 5.41 Å². The van der Waals surface area contributed by atoms with E-state index < -0.39 is 0 Å². The Morgan fingerprint density at radius 2 is 1.95 bits per heavy atom. The molecule has 1 heterocycles. The lowest BCUT2D eigenvalue weighted by molar-refractivity contribution is -0.119. The summed E-state index contributed by atoms with van der Waals surface area (Å²) in [4.78, 5) is 20.6. The molecule has 1 aromatic heterocycles. The third-order valence-electron chi connectivity index (χ3n) is 4.04. The van der Waals surface area contributed by atoms with Crippen LogP contribution in [-0.2, 0) is 29.6 Å². The van der Waals surface area contributed by atoms with E-state index in [1.54, 1.807) is 0 Å². The first-order valence-corrected chi connectivity index (χ1v) is 7.72. The van der Waals surface area contributed by atoms with Crippen LogP contribution in [0.5, 0.6) is 0 Å². The monoisotopic (exact) mass is 289 g/mol. The minimum Gasteiger partial charge on any atom is -0.349 e. The molecule has 2 rings (SSSR count). The van der Waals surface area contributed by atoms with Crippen molar-refractivity contribution in [2.45, 2.75) is 72.8 Å². The number of hydrogen-bond acceptors (Lipinski definition) is 3. The van der Waals surface area contributed by atoms with Gasteiger partial charge < -0.3 is 5.32 Å². The molecular weight excluding hydrogens is 262 g/mol. The molecular formula is C17H27N3O. The van der Waals surface area contributed by atoms with Crippen molar-refractivity contribution in [1.82, 2.24) is 15.3 Å². The number of nitrogens with one attached hydrogen (secondary N) is 1. The van der Waals surface area contributed by atoms with Gasteiger partial charge in [0.25, 0.3) is 0 Å². The topological polar surface area (TPSA) is 54.9 Å². The van der Waals surface area contributed by atoms with E-state index in [9.17, 15) is 4.79 Å². The highest BCUT2D eigenvalue weighted by molar-refractivity contribution is 5.72. The van der Waals surface area contributed by atoms with Crippen molar-refractivity contribution in [1.29, 1.82) is 0 Å². The predicted molar refractivity (Wildman–Crippen MR) is 84.1 cm³/mol. The highest BCUT2D eigenvalue weighted by Gasteiger charge is 2.32. The van der Waals surface area contributed by atoms with Crippen LogP contribution in [0.3, 0.4) is 0 Å². The Morgan fingerprint density at radius 3 is 2.52 bits per heavy atom. The summed E-state index contributed by atoms with van der Waals surface area (Å²) in [5.41, 5.74) is 3.95. The van der Waals surface area contributed by atoms with Crippen LogP contribution >= 0.6 is 0 Å². The Hall–Kier alpha value is -1.45. The number of fused-ring (bicyclic) bond motifs is 1. The van der Waals surface area contributed by atoms with Crippen LogP contribution in [0.2, 0.25) is 0 Å². The first kappa shape index (κ1) is 15.9. The molecule has 21 heavy (non-hydrogen) atoms. The smallest absolute Gasteiger partial charge is 0.217 e. The minimum absolute atomic E-state index is 0.00851. The molecule has 1 aromatic rings. The van der Waals surface area contributed by atoms with Gasteiger partial charge in [0.2, 0.25) is 5.91 Å². The van der Waals surface area contributed by atoms with E-state index >= 15 is 0 Å². The maximum Gasteiger partial charge on any atom is 0.217 e. The molecule has 0 saturated carbocycles. The molecule has 4 nitrogen and oxygen atoms in total. The molecule has 0 radical (unpaired) electrons. The number of carbonyl (C=O) groups excluding carboxylic acids is 1. The van der Waals surface area contributed by atoms with E-state index in [1.807, 2.05) is 0 Å². The molecule has 0 atom stereocenters. The summed E-state index contributed by atoms with van der Waals surface area (Å²) in [7, 11) is 0. The summed E-state index contributed by atoms with van der Waals surface area (Å²) in [6, 6.07) is 0. The molecule has 0 unspecified atom stereocenters. The quantitative estimate of drug-likeness (QED) is 0.910. The zero-order valence-electron chi connectivity index (χ0n) is 14.1. The molecule has 0 fully saturated rings. The lowest BCUT2D eigenvalue weighted by atomic mass is 9.73. The van der Waals surface area contributed by atoms with Crippen LogP contribution < -0.4 is 5.32 Å². The van der Waals surface area contributed by atoms with Crippen molar-refractivity contribution in [3.63, 3.8) is 0 Å². The highest BCUT2D eigenvalue weighted by Crippen LogP contribution is 2.38. The number of hydrogen-bond donors (Lipinski definition) is 1. The molecule has 1 N–H and O–H groups in total. The van der Waals surface area contributed by atoms with Crippen molar-refractivity contribution < 1.29 is 4.79 Å². The largest absolute Gasteiger partial charge is 0.349 e. The average Bonchev–Trinajstić information content (AvgIpc) is 2.33. The maximum atomic E-state index is 11.1. The van der Waals surface area contributed by atoms with E-state index in [1.165, 1.54) is 18.2 Å². The first-order valence-electron chi connectivity index (χ1n) is 7.72. The second-order valence-electron chi connectivity index (χ2n) is 7.91. The number of aryl methyl sites for hydroxylation is 1. The molecule has 0 aliphatic heterocycles. The van der Waals surface area contributed by atoms with Crippen LogP contribution in [0, 0.1) is 5.41 Å². The summed E-state index contributed by atoms with van der Waals surface area (Å²) < 4.78 is 0. The Labute approximate surface area is 127 Å². The normalized spacial score (nSPS) is 17.2. The van der Waals surface area contributed by atoms with Gasteiger partial charge in [-0.05, 0) is 30.2 Å². The summed E-state index contributed by atoms with van der Waals surface area (Å²) in [5.74, 6) is 0.684. The SMILES string of the molecule is CC(=O)NCc1nc2c(c(C(C)(C)C)n1)CC(C)(C)CC2. The number of rotatable bonds is 2. The summed E-state index contributed by atoms with van der Waals surface area (Å²) in [6.45, 7) is 13.1. The van der Waals surface area contributed by atoms with Crippen LogP contribution in [0.25, 0.3) is 0 Å². The van der Waals surface area contributed by atoms with Gasteiger partial charge in [0.1, 0.15) is 5.82 Å². The van der Waals surface area contributed by atoms with Crippen molar-refractivity contribution >= 4 is 5.91 Å². The second-order valence-corrected chi connectivity index (χ2v) is 7.91. The summed E-state index contributed by atoms with van der Waals surface area (Å²) in [5, 5.41) is 2.80. The lowest BCUT2D eigenvalue weighted by Gasteiger charge is -2.34. The van der Waals surface area contributed by atoms with Gasteiger partial charge in [0.15, 0.2) is 0 Å². The Morgan fingerprint density at radius 1 is 1.29 bits per heavy atom. The molecule has 116 valence electrons. The standard InChI is InChI=1S/C17H27N3O/c1-11(21)18-10-14-19-13-7-8-17(5,6)9-12(13)15(20-14)16(2,3)4/h7-10H2,1-6H3,(H,18,21). The molecule has 0 aromatic carbocycles. The number of nitrogens with zero attached hydrogens (tertiary/aromatic N) is 2. The lowest BCUT2D eigenvalue weighted by Crippen LogP contribution is -2.30. The van der Waals surface area contributed by atoms with Crippen LogP contribution in [0.4, 0.5) is 0 Å². The second kappa shape index (κ2) is 5.39. The highest BCUT2D eigenvalue weighted by atomic mass is 16.1. The van der Waals surface area contributed by atoms with E-state index in [2.05, 4.69) is 39.9 Å². The van der Waals surface area contributed by atoms with Gasteiger partial charge in [-0.1, -0.05) is 34.6 Å². The van der Waals surface area contributed by atoms with Gasteiger partial charge in [-0.2, -0.15) is 0 Å². The van der Waals surface area contributed by atoms with Crippen LogP contribution in [-0.4, -0.2) is 15.9 Å². The van der Waals surface area contributed by atoms with Gasteiger partial charge >= 0.3 is 0 Å². The van der Waals surface area contributed by atoms with E-state index in [0.29, 0.717) is 12.0 Å². The number of amides is 1. The van der Waals surface area contributed by atoms with E-state index in [0.717, 1.165) is 30.8 Å². The van der Waals surface area contributed by atoms with Gasteiger partial charge in [-0.25, -0.2) is 9.97 Å². The number of aromatic nitrogens is 2. The summed E-state index contributed by atoms with van der Waals surface area (Å²) >= 11 is 0. The molecule has 0 bridgehead atoms. The molecule has 1 aliphatic carbocycles. The molecule has 0 spiro atoms. The molecule has 1 amide bonds. The van der Waals surface area contributed by atoms with Crippen LogP contribution in [0.1, 0.15) is 70.7 Å². The predicted octanol–water partition coefficient (Wildman–Crippen LogP) is 2.93. The fourth-order valence-electron chi connectivity index (χ4n) is 2.90. The molecule has 1 aliphatic rings. The Bertz CT molecular complexity index is 556. The summed E-state index contributed by atoms with van der Waals surface area (Å²) in [6.07, 6.45) is 3.19. The van der Waals surface area contributed by atoms with Crippen molar-refractivity contribution in [3.8, 4) is 0 Å². The van der Waals surface area contributed by atoms with Gasteiger partial charge in [0, 0.05) is 18.0 Å². The third kappa shape index (κ3) is 3.80. The molecule has 0 saturated heterocycles. The average molecular weight is 289 g/mol. The zero-order valence-corrected chi connectivity index (χ0v) is 14.1. The Kier molecular flexibility index (Phi) is 4.09. The third-order valence-corrected chi connectivity index (χ3v) is 4.04. The first-order chi connectivity index (χ1) is 9.58. The zero-order chi connectivity index (χ0) is 15.8. The van der Waals surface area contributed by atoms with Crippen molar-refractivity contribution in [3.05, 3.63) is 22.8 Å². The fraction of sp³-hybridized carbons (Fsp3) is 0.706. The van der Waals surface area contributed by atoms with Crippen LogP contribution in [0.15, 0.2) is 0 Å². The van der Waals surface area contributed by atoms with Gasteiger partial charge in [-0.3, -0.25) is 4.79 Å². The number of carbonyl (C=O) groups is 1. The van der Waals surface area contributed by atoms with Crippen molar-refractivity contribution in [2.75, 3.05) is 0 Å². The molecule has 4 heteroatoms. The van der Waals surface area contributed by atoms with E-state index in [-0.39, 0.29) is 11.3 Å². The van der Waals surface area contributed by atoms with Gasteiger partial charge in [0.05, 0.1) is 12.2 Å². The maximum absolute atomic E-state index is 11.1. The van der Waals surface area contributed by atoms with E-state index in [4.69, 9.17) is 9.97 Å². The Balaban J connectivity index is 2.45. The fourth-order valence-corrected chi connectivity index (χ4v) is 2.90. The minimum atomic E-state index is -0.0465. The van der Waals surface area contributed by atoms with Gasteiger partial charge in [-0.15, -0.1) is 0 Å².